The van der Waals surface area contributed by atoms with Crippen molar-refractivity contribution in [2.75, 3.05) is 11.9 Å². The summed E-state index contributed by atoms with van der Waals surface area (Å²) in [5, 5.41) is 12.3. The second-order valence-corrected chi connectivity index (χ2v) is 7.73. The molecule has 2 N–H and O–H groups in total. The maximum atomic E-state index is 13.2. The summed E-state index contributed by atoms with van der Waals surface area (Å²) in [7, 11) is 1.63. The molecule has 1 aliphatic rings. The summed E-state index contributed by atoms with van der Waals surface area (Å²) in [6.45, 7) is 0. The normalized spacial score (nSPS) is 16.3. The number of aliphatic imine (C=N–C) groups is 1. The van der Waals surface area contributed by atoms with Crippen LogP contribution in [0.15, 0.2) is 89.9 Å². The van der Waals surface area contributed by atoms with E-state index >= 15 is 0 Å². The molecule has 0 saturated heterocycles. The van der Waals surface area contributed by atoms with E-state index in [4.69, 9.17) is 0 Å². The summed E-state index contributed by atoms with van der Waals surface area (Å²) >= 11 is 0. The lowest BCUT2D eigenvalue weighted by Gasteiger charge is -2.21. The average molecular weight is 441 g/mol. The second kappa shape index (κ2) is 9.48. The summed E-state index contributed by atoms with van der Waals surface area (Å²) in [6, 6.07) is 25.4. The van der Waals surface area contributed by atoms with E-state index in [0.717, 1.165) is 11.1 Å². The van der Waals surface area contributed by atoms with Gasteiger partial charge in [-0.1, -0.05) is 78.9 Å². The fourth-order valence-corrected chi connectivity index (χ4v) is 3.87. The summed E-state index contributed by atoms with van der Waals surface area (Å²) in [6.07, 6.45) is -1.49. The van der Waals surface area contributed by atoms with E-state index in [0.29, 0.717) is 17.0 Å². The van der Waals surface area contributed by atoms with Gasteiger partial charge in [0.2, 0.25) is 12.1 Å². The Morgan fingerprint density at radius 3 is 2.24 bits per heavy atom. The first-order valence-corrected chi connectivity index (χ1v) is 10.5. The molecule has 2 amide bonds. The van der Waals surface area contributed by atoms with Crippen molar-refractivity contribution in [1.82, 2.24) is 5.32 Å². The molecule has 2 atom stereocenters. The van der Waals surface area contributed by atoms with Gasteiger partial charge in [0, 0.05) is 24.6 Å². The molecule has 33 heavy (non-hydrogen) atoms. The molecule has 0 radical (unpaired) electrons. The van der Waals surface area contributed by atoms with Crippen molar-refractivity contribution in [2.24, 2.45) is 4.99 Å². The number of para-hydroxylation sites is 1. The molecule has 0 saturated carbocycles. The third kappa shape index (κ3) is 4.67. The highest BCUT2D eigenvalue weighted by Crippen LogP contribution is 2.27. The standard InChI is InChI=1S/C26H23N3O4/c1-29-21-15-9-8-14-19(21)23(18-12-6-3-7-13-18)28-24(25(29)31)27-22(30)16-20(26(32)33)17-10-4-2-5-11-17/h2-15,20,24H,16H2,1H3,(H,27,30)(H,32,33). The van der Waals surface area contributed by atoms with Crippen molar-refractivity contribution in [3.8, 4) is 0 Å². The first kappa shape index (κ1) is 22.0. The number of aliphatic carboxylic acids is 1. The number of hydrogen-bond donors (Lipinski definition) is 2. The molecule has 1 aliphatic heterocycles. The molecule has 2 unspecified atom stereocenters. The Morgan fingerprint density at radius 2 is 1.58 bits per heavy atom. The Labute approximate surface area is 191 Å². The number of hydrogen-bond acceptors (Lipinski definition) is 4. The lowest BCUT2D eigenvalue weighted by atomic mass is 9.95. The maximum Gasteiger partial charge on any atom is 0.311 e. The average Bonchev–Trinajstić information content (AvgIpc) is 2.94. The summed E-state index contributed by atoms with van der Waals surface area (Å²) in [4.78, 5) is 44.0. The van der Waals surface area contributed by atoms with E-state index in [-0.39, 0.29) is 6.42 Å². The summed E-state index contributed by atoms with van der Waals surface area (Å²) < 4.78 is 0. The lowest BCUT2D eigenvalue weighted by molar-refractivity contribution is -0.141. The highest BCUT2D eigenvalue weighted by molar-refractivity contribution is 6.20. The van der Waals surface area contributed by atoms with Gasteiger partial charge in [-0.15, -0.1) is 0 Å². The van der Waals surface area contributed by atoms with Crippen LogP contribution in [0.2, 0.25) is 0 Å². The first-order chi connectivity index (χ1) is 16.0. The number of carbonyl (C=O) groups excluding carboxylic acids is 2. The Bertz CT molecular complexity index is 1210. The van der Waals surface area contributed by atoms with E-state index in [9.17, 15) is 19.5 Å². The minimum Gasteiger partial charge on any atom is -0.481 e. The molecule has 7 heteroatoms. The van der Waals surface area contributed by atoms with Gasteiger partial charge in [-0.05, 0) is 11.6 Å². The van der Waals surface area contributed by atoms with Crippen LogP contribution in [0.4, 0.5) is 5.69 Å². The fourth-order valence-electron chi connectivity index (χ4n) is 3.87. The SMILES string of the molecule is CN1C(=O)C(NC(=O)CC(C(=O)O)c2ccccc2)N=C(c2ccccc2)c2ccccc21. The van der Waals surface area contributed by atoms with Gasteiger partial charge >= 0.3 is 5.97 Å². The third-order valence-corrected chi connectivity index (χ3v) is 5.58. The number of anilines is 1. The molecular weight excluding hydrogens is 418 g/mol. The third-order valence-electron chi connectivity index (χ3n) is 5.58. The van der Waals surface area contributed by atoms with Crippen LogP contribution in [-0.4, -0.2) is 41.8 Å². The number of fused-ring (bicyclic) bond motifs is 1. The second-order valence-electron chi connectivity index (χ2n) is 7.73. The zero-order valence-electron chi connectivity index (χ0n) is 18.0. The summed E-state index contributed by atoms with van der Waals surface area (Å²) in [5.41, 5.74) is 3.34. The fraction of sp³-hybridized carbons (Fsp3) is 0.154. The number of benzodiazepines with no additional fused rings is 1. The number of carboxylic acids is 1. The molecule has 0 aromatic heterocycles. The molecule has 4 rings (SSSR count). The van der Waals surface area contributed by atoms with E-state index in [1.807, 2.05) is 54.6 Å². The number of rotatable bonds is 6. The zero-order valence-corrected chi connectivity index (χ0v) is 18.0. The van der Waals surface area contributed by atoms with E-state index in [1.54, 1.807) is 37.4 Å². The predicted molar refractivity (Wildman–Crippen MR) is 125 cm³/mol. The van der Waals surface area contributed by atoms with Crippen molar-refractivity contribution in [1.29, 1.82) is 0 Å². The highest BCUT2D eigenvalue weighted by Gasteiger charge is 2.32. The Hall–Kier alpha value is -4.26. The van der Waals surface area contributed by atoms with Crippen LogP contribution in [0.5, 0.6) is 0 Å². The molecular formula is C26H23N3O4. The first-order valence-electron chi connectivity index (χ1n) is 10.5. The van der Waals surface area contributed by atoms with Crippen molar-refractivity contribution in [3.63, 3.8) is 0 Å². The lowest BCUT2D eigenvalue weighted by Crippen LogP contribution is -2.46. The largest absolute Gasteiger partial charge is 0.481 e. The Balaban J connectivity index is 1.66. The van der Waals surface area contributed by atoms with E-state index in [1.165, 1.54) is 4.90 Å². The number of nitrogens with one attached hydrogen (secondary N) is 1. The monoisotopic (exact) mass is 441 g/mol. The number of benzene rings is 3. The van der Waals surface area contributed by atoms with Gasteiger partial charge in [0.15, 0.2) is 0 Å². The predicted octanol–water partition coefficient (Wildman–Crippen LogP) is 3.20. The van der Waals surface area contributed by atoms with Gasteiger partial charge < -0.3 is 15.3 Å². The Morgan fingerprint density at radius 1 is 0.970 bits per heavy atom. The van der Waals surface area contributed by atoms with Crippen molar-refractivity contribution < 1.29 is 19.5 Å². The topological polar surface area (TPSA) is 99.1 Å². The smallest absolute Gasteiger partial charge is 0.311 e. The number of amides is 2. The van der Waals surface area contributed by atoms with Crippen molar-refractivity contribution >= 4 is 29.2 Å². The molecule has 0 fully saturated rings. The Kier molecular flexibility index (Phi) is 6.31. The van der Waals surface area contributed by atoms with Gasteiger partial charge in [0.25, 0.3) is 5.91 Å². The van der Waals surface area contributed by atoms with Crippen molar-refractivity contribution in [3.05, 3.63) is 102 Å². The van der Waals surface area contributed by atoms with E-state index < -0.39 is 29.9 Å². The number of likely N-dealkylation sites (N-methyl/N-ethyl adjacent to an activating group) is 1. The van der Waals surface area contributed by atoms with E-state index in [2.05, 4.69) is 10.3 Å². The van der Waals surface area contributed by atoms with Crippen LogP contribution in [0.25, 0.3) is 0 Å². The van der Waals surface area contributed by atoms with Crippen LogP contribution in [0, 0.1) is 0 Å². The van der Waals surface area contributed by atoms with Crippen LogP contribution >= 0.6 is 0 Å². The number of carbonyl (C=O) groups is 3. The summed E-state index contributed by atoms with van der Waals surface area (Å²) in [5.74, 6) is -3.12. The molecule has 1 heterocycles. The molecule has 0 aliphatic carbocycles. The minimum absolute atomic E-state index is 0.310. The molecule has 0 spiro atoms. The van der Waals surface area contributed by atoms with Gasteiger partial charge in [0.05, 0.1) is 17.3 Å². The number of carboxylic acid groups (broad SMARTS) is 1. The van der Waals surface area contributed by atoms with Crippen LogP contribution in [-0.2, 0) is 14.4 Å². The minimum atomic E-state index is -1.18. The zero-order chi connectivity index (χ0) is 23.4. The van der Waals surface area contributed by atoms with Crippen LogP contribution in [0.1, 0.15) is 29.0 Å². The quantitative estimate of drug-likeness (QED) is 0.614. The number of nitrogens with zero attached hydrogens (tertiary/aromatic N) is 2. The van der Waals surface area contributed by atoms with Crippen LogP contribution < -0.4 is 10.2 Å². The van der Waals surface area contributed by atoms with Crippen molar-refractivity contribution in [2.45, 2.75) is 18.5 Å². The molecule has 3 aromatic rings. The van der Waals surface area contributed by atoms with Gasteiger partial charge in [-0.25, -0.2) is 4.99 Å². The van der Waals surface area contributed by atoms with Gasteiger partial charge in [-0.3, -0.25) is 14.4 Å². The van der Waals surface area contributed by atoms with Gasteiger partial charge in [-0.2, -0.15) is 0 Å². The molecule has 0 bridgehead atoms. The van der Waals surface area contributed by atoms with Gasteiger partial charge in [0.1, 0.15) is 0 Å². The maximum absolute atomic E-state index is 13.2. The van der Waals surface area contributed by atoms with Crippen LogP contribution in [0.3, 0.4) is 0 Å². The highest BCUT2D eigenvalue weighted by atomic mass is 16.4. The molecule has 3 aromatic carbocycles. The molecule has 7 nitrogen and oxygen atoms in total. The molecule has 166 valence electrons.